The molecule has 0 fully saturated rings. The van der Waals surface area contributed by atoms with Crippen LogP contribution in [0.5, 0.6) is 0 Å². The largest absolute Gasteiger partial charge is 0.292 e. The van der Waals surface area contributed by atoms with Crippen LogP contribution in [0.15, 0.2) is 45.7 Å². The summed E-state index contributed by atoms with van der Waals surface area (Å²) in [4.78, 5) is 30.3. The van der Waals surface area contributed by atoms with Crippen LogP contribution >= 0.6 is 34.7 Å². The number of benzene rings is 1. The molecule has 0 saturated carbocycles. The Kier molecular flexibility index (Phi) is 5.08. The summed E-state index contributed by atoms with van der Waals surface area (Å²) in [6.07, 6.45) is 0. The van der Waals surface area contributed by atoms with Crippen LogP contribution in [-0.4, -0.2) is 21.1 Å². The molecule has 1 aromatic carbocycles. The molecular weight excluding hydrogens is 364 g/mol. The van der Waals surface area contributed by atoms with E-state index in [0.29, 0.717) is 26.0 Å². The molecule has 3 rings (SSSR count). The fraction of sp³-hybridized carbons (Fsp3) is 0.235. The van der Waals surface area contributed by atoms with Gasteiger partial charge in [0, 0.05) is 11.1 Å². The summed E-state index contributed by atoms with van der Waals surface area (Å²) in [5.41, 5.74) is 0.438. The second-order valence-corrected chi connectivity index (χ2v) is 7.84. The van der Waals surface area contributed by atoms with Crippen molar-refractivity contribution in [3.63, 3.8) is 0 Å². The molecule has 0 unspecified atom stereocenters. The zero-order valence-corrected chi connectivity index (χ0v) is 15.5. The lowest BCUT2D eigenvalue weighted by Crippen LogP contribution is -2.25. The van der Waals surface area contributed by atoms with Gasteiger partial charge < -0.3 is 0 Å². The first-order valence-electron chi connectivity index (χ1n) is 7.38. The van der Waals surface area contributed by atoms with Gasteiger partial charge in [0.25, 0.3) is 5.56 Å². The summed E-state index contributed by atoms with van der Waals surface area (Å²) in [7, 11) is 0. The third-order valence-electron chi connectivity index (χ3n) is 3.48. The van der Waals surface area contributed by atoms with Crippen LogP contribution in [0.4, 0.5) is 0 Å². The van der Waals surface area contributed by atoms with Crippen molar-refractivity contribution in [3.8, 4) is 0 Å². The maximum absolute atomic E-state index is 12.8. The van der Waals surface area contributed by atoms with Gasteiger partial charge in [-0.1, -0.05) is 29.4 Å². The van der Waals surface area contributed by atoms with Crippen molar-refractivity contribution in [2.75, 3.05) is 5.75 Å². The Morgan fingerprint density at radius 1 is 1.38 bits per heavy atom. The minimum Gasteiger partial charge on any atom is -0.292 e. The van der Waals surface area contributed by atoms with Crippen LogP contribution in [0.3, 0.4) is 0 Å². The molecule has 3 aromatic rings. The Morgan fingerprint density at radius 2 is 2.17 bits per heavy atom. The SMILES string of the molecule is CC(C)n1c(SCC(=O)c2cccs2)nc2cc(Cl)ccc2c1=O. The van der Waals surface area contributed by atoms with E-state index in [1.165, 1.54) is 23.1 Å². The Labute approximate surface area is 152 Å². The molecule has 0 atom stereocenters. The van der Waals surface area contributed by atoms with E-state index >= 15 is 0 Å². The Bertz CT molecular complexity index is 949. The van der Waals surface area contributed by atoms with E-state index in [1.807, 2.05) is 25.3 Å². The molecule has 124 valence electrons. The summed E-state index contributed by atoms with van der Waals surface area (Å²) < 4.78 is 1.63. The first-order valence-corrected chi connectivity index (χ1v) is 9.63. The Morgan fingerprint density at radius 3 is 2.83 bits per heavy atom. The van der Waals surface area contributed by atoms with E-state index in [1.54, 1.807) is 28.8 Å². The van der Waals surface area contributed by atoms with Gasteiger partial charge in [-0.05, 0) is 43.5 Å². The molecule has 0 saturated heterocycles. The molecule has 0 aliphatic carbocycles. The highest BCUT2D eigenvalue weighted by Gasteiger charge is 2.16. The van der Waals surface area contributed by atoms with Crippen LogP contribution in [0.25, 0.3) is 10.9 Å². The number of thioether (sulfide) groups is 1. The number of Topliss-reactive ketones (excluding diaryl/α,β-unsaturated/α-hetero) is 1. The van der Waals surface area contributed by atoms with Crippen molar-refractivity contribution in [3.05, 3.63) is 56.0 Å². The molecule has 0 N–H and O–H groups in total. The second-order valence-electron chi connectivity index (χ2n) is 5.51. The first kappa shape index (κ1) is 17.2. The molecule has 0 aliphatic heterocycles. The lowest BCUT2D eigenvalue weighted by molar-refractivity contribution is 0.102. The summed E-state index contributed by atoms with van der Waals surface area (Å²) >= 11 is 8.71. The molecule has 0 radical (unpaired) electrons. The van der Waals surface area contributed by atoms with Crippen molar-refractivity contribution >= 4 is 51.4 Å². The number of fused-ring (bicyclic) bond motifs is 1. The molecule has 7 heteroatoms. The van der Waals surface area contributed by atoms with Gasteiger partial charge in [-0.15, -0.1) is 11.3 Å². The van der Waals surface area contributed by atoms with Gasteiger partial charge >= 0.3 is 0 Å². The number of thiophene rings is 1. The summed E-state index contributed by atoms with van der Waals surface area (Å²) in [6.45, 7) is 3.85. The van der Waals surface area contributed by atoms with Gasteiger partial charge in [-0.2, -0.15) is 0 Å². The first-order chi connectivity index (χ1) is 11.5. The van der Waals surface area contributed by atoms with Crippen LogP contribution in [0.1, 0.15) is 29.6 Å². The number of hydrogen-bond donors (Lipinski definition) is 0. The van der Waals surface area contributed by atoms with E-state index in [9.17, 15) is 9.59 Å². The topological polar surface area (TPSA) is 52.0 Å². The molecule has 2 heterocycles. The standard InChI is InChI=1S/C17H15ClN2O2S2/c1-10(2)20-16(22)12-6-5-11(18)8-13(12)19-17(20)24-9-14(21)15-4-3-7-23-15/h3-8,10H,9H2,1-2H3. The molecule has 2 aromatic heterocycles. The predicted molar refractivity (Wildman–Crippen MR) is 101 cm³/mol. The van der Waals surface area contributed by atoms with Crippen molar-refractivity contribution in [2.45, 2.75) is 25.0 Å². The van der Waals surface area contributed by atoms with Gasteiger partial charge in [0.05, 0.1) is 21.5 Å². The quantitative estimate of drug-likeness (QED) is 0.368. The zero-order chi connectivity index (χ0) is 17.3. The number of aromatic nitrogens is 2. The van der Waals surface area contributed by atoms with Crippen LogP contribution in [-0.2, 0) is 0 Å². The van der Waals surface area contributed by atoms with Gasteiger partial charge in [-0.3, -0.25) is 14.2 Å². The van der Waals surface area contributed by atoms with Crippen LogP contribution < -0.4 is 5.56 Å². The summed E-state index contributed by atoms with van der Waals surface area (Å²) in [5.74, 6) is 0.275. The molecular formula is C17H15ClN2O2S2. The normalized spacial score (nSPS) is 11.3. The minimum absolute atomic E-state index is 0.0331. The van der Waals surface area contributed by atoms with Gasteiger partial charge in [0.1, 0.15) is 0 Å². The van der Waals surface area contributed by atoms with Crippen molar-refractivity contribution in [1.29, 1.82) is 0 Å². The lowest BCUT2D eigenvalue weighted by atomic mass is 10.2. The molecule has 24 heavy (non-hydrogen) atoms. The maximum Gasteiger partial charge on any atom is 0.262 e. The molecule has 0 bridgehead atoms. The van der Waals surface area contributed by atoms with Crippen molar-refractivity contribution in [1.82, 2.24) is 9.55 Å². The highest BCUT2D eigenvalue weighted by molar-refractivity contribution is 7.99. The summed E-state index contributed by atoms with van der Waals surface area (Å²) in [6, 6.07) is 8.65. The number of nitrogens with zero attached hydrogens (tertiary/aromatic N) is 2. The summed E-state index contributed by atoms with van der Waals surface area (Å²) in [5, 5.41) is 3.47. The average molecular weight is 379 g/mol. The number of ketones is 1. The van der Waals surface area contributed by atoms with Gasteiger partial charge in [-0.25, -0.2) is 4.98 Å². The molecule has 0 spiro atoms. The molecule has 4 nitrogen and oxygen atoms in total. The van der Waals surface area contributed by atoms with Crippen LogP contribution in [0.2, 0.25) is 5.02 Å². The van der Waals surface area contributed by atoms with Gasteiger partial charge in [0.2, 0.25) is 0 Å². The number of carbonyl (C=O) groups is 1. The second kappa shape index (κ2) is 7.09. The van der Waals surface area contributed by atoms with Crippen molar-refractivity contribution < 1.29 is 4.79 Å². The van der Waals surface area contributed by atoms with Gasteiger partial charge in [0.15, 0.2) is 10.9 Å². The third-order valence-corrected chi connectivity index (χ3v) is 5.57. The Balaban J connectivity index is 2.00. The third kappa shape index (κ3) is 3.41. The fourth-order valence-corrected chi connectivity index (χ4v) is 4.28. The number of rotatable bonds is 5. The predicted octanol–water partition coefficient (Wildman–Crippen LogP) is 4.67. The monoisotopic (exact) mass is 378 g/mol. The van der Waals surface area contributed by atoms with Crippen molar-refractivity contribution in [2.24, 2.45) is 0 Å². The van der Waals surface area contributed by atoms with E-state index in [-0.39, 0.29) is 23.1 Å². The maximum atomic E-state index is 12.8. The van der Waals surface area contributed by atoms with E-state index < -0.39 is 0 Å². The fourth-order valence-electron chi connectivity index (χ4n) is 2.35. The van der Waals surface area contributed by atoms with E-state index in [4.69, 9.17) is 11.6 Å². The van der Waals surface area contributed by atoms with E-state index in [0.717, 1.165) is 0 Å². The smallest absolute Gasteiger partial charge is 0.262 e. The molecule has 0 aliphatic rings. The van der Waals surface area contributed by atoms with Crippen LogP contribution in [0, 0.1) is 0 Å². The average Bonchev–Trinajstić information content (AvgIpc) is 3.06. The minimum atomic E-state index is -0.113. The number of halogens is 1. The lowest BCUT2D eigenvalue weighted by Gasteiger charge is -2.15. The number of carbonyl (C=O) groups excluding carboxylic acids is 1. The Hall–Kier alpha value is -1.63. The zero-order valence-electron chi connectivity index (χ0n) is 13.2. The van der Waals surface area contributed by atoms with E-state index in [2.05, 4.69) is 4.98 Å². The molecule has 0 amide bonds. The number of hydrogen-bond acceptors (Lipinski definition) is 5. The highest BCUT2D eigenvalue weighted by atomic mass is 35.5. The highest BCUT2D eigenvalue weighted by Crippen LogP contribution is 2.24.